The molecule has 0 bridgehead atoms. The number of piperidine rings is 1. The number of aromatic nitrogens is 1. The van der Waals surface area contributed by atoms with E-state index in [1.165, 1.54) is 12.8 Å². The molecule has 140 valence electrons. The molecule has 6 heteroatoms. The van der Waals surface area contributed by atoms with Gasteiger partial charge in [-0.1, -0.05) is 12.8 Å². The maximum absolute atomic E-state index is 12.7. The summed E-state index contributed by atoms with van der Waals surface area (Å²) in [7, 11) is 1.75. The monoisotopic (exact) mass is 356 g/mol. The average Bonchev–Trinajstić information content (AvgIpc) is 2.70. The topological polar surface area (TPSA) is 78.2 Å². The number of hydrogen-bond acceptors (Lipinski definition) is 5. The van der Waals surface area contributed by atoms with Crippen LogP contribution in [-0.2, 0) is 9.53 Å². The van der Waals surface area contributed by atoms with E-state index in [0.717, 1.165) is 44.6 Å². The summed E-state index contributed by atoms with van der Waals surface area (Å²) in [6.07, 6.45) is 8.86. The van der Waals surface area contributed by atoms with Gasteiger partial charge in [-0.25, -0.2) is 4.98 Å². The average molecular weight is 356 g/mol. The molecule has 2 fully saturated rings. The standard InChI is InChI=1S/C20H28N4O2/c1-26-17-8-10-24(11-9-17)20(25)12-16-4-2-3-5-18(16)23-19-7-6-15(13-21)14-22-19/h6-7,14,16-18H,2-5,8-12H2,1H3,(H,22,23)/t16-,18-/m0/s1. The van der Waals surface area contributed by atoms with Gasteiger partial charge >= 0.3 is 0 Å². The van der Waals surface area contributed by atoms with E-state index in [2.05, 4.69) is 16.4 Å². The summed E-state index contributed by atoms with van der Waals surface area (Å²) in [4.78, 5) is 19.1. The third-order valence-corrected chi connectivity index (χ3v) is 5.70. The highest BCUT2D eigenvalue weighted by Crippen LogP contribution is 2.30. The Balaban J connectivity index is 1.56. The molecule has 1 N–H and O–H groups in total. The predicted octanol–water partition coefficient (Wildman–Crippen LogP) is 2.95. The van der Waals surface area contributed by atoms with Gasteiger partial charge in [0, 0.05) is 38.9 Å². The van der Waals surface area contributed by atoms with Gasteiger partial charge in [-0.15, -0.1) is 0 Å². The van der Waals surface area contributed by atoms with Gasteiger partial charge in [-0.3, -0.25) is 4.79 Å². The lowest BCUT2D eigenvalue weighted by Gasteiger charge is -2.36. The summed E-state index contributed by atoms with van der Waals surface area (Å²) < 4.78 is 5.39. The summed E-state index contributed by atoms with van der Waals surface area (Å²) >= 11 is 0. The third kappa shape index (κ3) is 4.73. The van der Waals surface area contributed by atoms with Gasteiger partial charge in [0.25, 0.3) is 0 Å². The molecule has 0 radical (unpaired) electrons. The second-order valence-electron chi connectivity index (χ2n) is 7.36. The van der Waals surface area contributed by atoms with E-state index >= 15 is 0 Å². The van der Waals surface area contributed by atoms with Crippen molar-refractivity contribution in [3.63, 3.8) is 0 Å². The molecule has 26 heavy (non-hydrogen) atoms. The first-order valence-corrected chi connectivity index (χ1v) is 9.63. The molecule has 6 nitrogen and oxygen atoms in total. The van der Waals surface area contributed by atoms with E-state index in [-0.39, 0.29) is 11.9 Å². The highest BCUT2D eigenvalue weighted by molar-refractivity contribution is 5.76. The van der Waals surface area contributed by atoms with E-state index in [1.54, 1.807) is 19.4 Å². The number of anilines is 1. The van der Waals surface area contributed by atoms with Gasteiger partial charge < -0.3 is 15.0 Å². The van der Waals surface area contributed by atoms with Gasteiger partial charge in [0.1, 0.15) is 11.9 Å². The number of ether oxygens (including phenoxy) is 1. The Morgan fingerprint density at radius 1 is 1.31 bits per heavy atom. The molecule has 1 aliphatic heterocycles. The number of nitriles is 1. The zero-order valence-corrected chi connectivity index (χ0v) is 15.5. The van der Waals surface area contributed by atoms with Crippen molar-refractivity contribution in [2.45, 2.75) is 57.1 Å². The number of hydrogen-bond donors (Lipinski definition) is 1. The van der Waals surface area contributed by atoms with Gasteiger partial charge in [0.2, 0.25) is 5.91 Å². The Kier molecular flexibility index (Phi) is 6.45. The van der Waals surface area contributed by atoms with Crippen LogP contribution in [0.2, 0.25) is 0 Å². The van der Waals surface area contributed by atoms with Crippen molar-refractivity contribution in [1.82, 2.24) is 9.88 Å². The minimum Gasteiger partial charge on any atom is -0.381 e. The van der Waals surface area contributed by atoms with Crippen molar-refractivity contribution in [1.29, 1.82) is 5.26 Å². The highest BCUT2D eigenvalue weighted by atomic mass is 16.5. The molecule has 2 heterocycles. The second kappa shape index (κ2) is 9.00. The van der Waals surface area contributed by atoms with Crippen LogP contribution < -0.4 is 5.32 Å². The van der Waals surface area contributed by atoms with E-state index in [4.69, 9.17) is 10.00 Å². The van der Waals surface area contributed by atoms with E-state index in [9.17, 15) is 4.79 Å². The summed E-state index contributed by atoms with van der Waals surface area (Å²) in [5.41, 5.74) is 0.561. The molecule has 1 saturated heterocycles. The number of carbonyl (C=O) groups is 1. The number of methoxy groups -OCH3 is 1. The normalized spacial score (nSPS) is 24.1. The lowest BCUT2D eigenvalue weighted by Crippen LogP contribution is -2.43. The zero-order chi connectivity index (χ0) is 18.4. The number of nitrogens with zero attached hydrogens (tertiary/aromatic N) is 3. The van der Waals surface area contributed by atoms with Crippen LogP contribution in [0.5, 0.6) is 0 Å². The number of likely N-dealkylation sites (tertiary alicyclic amines) is 1. The number of carbonyl (C=O) groups excluding carboxylic acids is 1. The number of nitrogens with one attached hydrogen (secondary N) is 1. The van der Waals surface area contributed by atoms with Crippen LogP contribution in [0.1, 0.15) is 50.5 Å². The Morgan fingerprint density at radius 2 is 2.08 bits per heavy atom. The molecule has 0 aromatic carbocycles. The largest absolute Gasteiger partial charge is 0.381 e. The van der Waals surface area contributed by atoms with Crippen molar-refractivity contribution in [3.05, 3.63) is 23.9 Å². The fourth-order valence-corrected chi connectivity index (χ4v) is 4.07. The minimum absolute atomic E-state index is 0.268. The van der Waals surface area contributed by atoms with Gasteiger partial charge in [0.05, 0.1) is 11.7 Å². The minimum atomic E-state index is 0.268. The van der Waals surface area contributed by atoms with Crippen LogP contribution in [0.4, 0.5) is 5.82 Å². The van der Waals surface area contributed by atoms with Crippen molar-refractivity contribution in [3.8, 4) is 6.07 Å². The Hall–Kier alpha value is -2.13. The highest BCUT2D eigenvalue weighted by Gasteiger charge is 2.30. The first-order chi connectivity index (χ1) is 12.7. The lowest BCUT2D eigenvalue weighted by molar-refractivity contribution is -0.134. The molecule has 2 aliphatic rings. The first kappa shape index (κ1) is 18.7. The summed E-state index contributed by atoms with van der Waals surface area (Å²) in [6.45, 7) is 1.61. The second-order valence-corrected chi connectivity index (χ2v) is 7.36. The number of pyridine rings is 1. The maximum atomic E-state index is 12.7. The fourth-order valence-electron chi connectivity index (χ4n) is 4.07. The van der Waals surface area contributed by atoms with Crippen LogP contribution in [0.25, 0.3) is 0 Å². The molecule has 3 rings (SSSR count). The Bertz CT molecular complexity index is 632. The summed E-state index contributed by atoms with van der Waals surface area (Å²) in [5, 5.41) is 12.4. The molecule has 1 aromatic rings. The van der Waals surface area contributed by atoms with Gasteiger partial charge in [-0.2, -0.15) is 5.26 Å². The molecule has 1 saturated carbocycles. The Morgan fingerprint density at radius 3 is 2.73 bits per heavy atom. The van der Waals surface area contributed by atoms with Crippen molar-refractivity contribution >= 4 is 11.7 Å². The molecule has 1 aliphatic carbocycles. The molecule has 1 aromatic heterocycles. The third-order valence-electron chi connectivity index (χ3n) is 5.70. The number of rotatable bonds is 5. The molecule has 2 atom stereocenters. The fraction of sp³-hybridized carbons (Fsp3) is 0.650. The van der Waals surface area contributed by atoms with Crippen molar-refractivity contribution in [2.24, 2.45) is 5.92 Å². The van der Waals surface area contributed by atoms with E-state index in [0.29, 0.717) is 24.0 Å². The molecule has 1 amide bonds. The van der Waals surface area contributed by atoms with Crippen LogP contribution in [0.15, 0.2) is 18.3 Å². The quantitative estimate of drug-likeness (QED) is 0.877. The van der Waals surface area contributed by atoms with Gasteiger partial charge in [-0.05, 0) is 43.7 Å². The smallest absolute Gasteiger partial charge is 0.222 e. The zero-order valence-electron chi connectivity index (χ0n) is 15.5. The van der Waals surface area contributed by atoms with Crippen LogP contribution >= 0.6 is 0 Å². The summed E-state index contributed by atoms with van der Waals surface area (Å²) in [6, 6.07) is 5.98. The van der Waals surface area contributed by atoms with Gasteiger partial charge in [0.15, 0.2) is 0 Å². The lowest BCUT2D eigenvalue weighted by atomic mass is 9.82. The summed E-state index contributed by atoms with van der Waals surface area (Å²) in [5.74, 6) is 1.40. The Labute approximate surface area is 155 Å². The SMILES string of the molecule is COC1CCN(C(=O)C[C@@H]2CCCC[C@@H]2Nc2ccc(C#N)cn2)CC1. The van der Waals surface area contributed by atoms with E-state index in [1.807, 2.05) is 11.0 Å². The maximum Gasteiger partial charge on any atom is 0.222 e. The molecule has 0 spiro atoms. The molecular formula is C20H28N4O2. The van der Waals surface area contributed by atoms with E-state index < -0.39 is 0 Å². The molecule has 0 unspecified atom stereocenters. The van der Waals surface area contributed by atoms with Crippen LogP contribution in [0, 0.1) is 17.2 Å². The molecular weight excluding hydrogens is 328 g/mol. The van der Waals surface area contributed by atoms with Crippen LogP contribution in [-0.4, -0.2) is 48.1 Å². The van der Waals surface area contributed by atoms with Crippen molar-refractivity contribution < 1.29 is 9.53 Å². The van der Waals surface area contributed by atoms with Crippen LogP contribution in [0.3, 0.4) is 0 Å². The first-order valence-electron chi connectivity index (χ1n) is 9.63. The number of amides is 1. The van der Waals surface area contributed by atoms with Crippen molar-refractivity contribution in [2.75, 3.05) is 25.5 Å². The predicted molar refractivity (Wildman–Crippen MR) is 99.5 cm³/mol.